The highest BCUT2D eigenvalue weighted by molar-refractivity contribution is 6.07. The maximum atomic E-state index is 12.5. The third kappa shape index (κ3) is 4.09. The van der Waals surface area contributed by atoms with Gasteiger partial charge in [0.05, 0.1) is 0 Å². The Labute approximate surface area is 162 Å². The minimum atomic E-state index is -0.657. The first-order chi connectivity index (χ1) is 13.5. The number of ketones is 1. The summed E-state index contributed by atoms with van der Waals surface area (Å²) in [6.07, 6.45) is 3.69. The van der Waals surface area contributed by atoms with Crippen molar-refractivity contribution in [3.05, 3.63) is 81.7 Å². The lowest BCUT2D eigenvalue weighted by Gasteiger charge is -2.20. The van der Waals surface area contributed by atoms with Crippen molar-refractivity contribution in [1.82, 2.24) is 0 Å². The Morgan fingerprint density at radius 2 is 1.68 bits per heavy atom. The van der Waals surface area contributed by atoms with E-state index in [4.69, 9.17) is 4.42 Å². The summed E-state index contributed by atoms with van der Waals surface area (Å²) in [5, 5.41) is 0.697. The van der Waals surface area contributed by atoms with Crippen molar-refractivity contribution in [2.75, 3.05) is 18.0 Å². The van der Waals surface area contributed by atoms with E-state index in [0.717, 1.165) is 30.6 Å². The second-order valence-electron chi connectivity index (χ2n) is 6.32. The van der Waals surface area contributed by atoms with Gasteiger partial charge in [0.2, 0.25) is 0 Å². The van der Waals surface area contributed by atoms with Crippen LogP contribution in [0.4, 0.5) is 5.69 Å². The third-order valence-corrected chi connectivity index (χ3v) is 4.61. The molecule has 0 unspecified atom stereocenters. The van der Waals surface area contributed by atoms with Gasteiger partial charge < -0.3 is 9.32 Å². The Kier molecular flexibility index (Phi) is 5.84. The van der Waals surface area contributed by atoms with E-state index >= 15 is 0 Å². The highest BCUT2D eigenvalue weighted by Gasteiger charge is 2.12. The molecule has 0 saturated heterocycles. The molecule has 1 heterocycles. The lowest BCUT2D eigenvalue weighted by Crippen LogP contribution is -2.21. The van der Waals surface area contributed by atoms with E-state index in [-0.39, 0.29) is 5.56 Å². The van der Waals surface area contributed by atoms with Gasteiger partial charge in [-0.25, -0.2) is 4.79 Å². The number of hydrogen-bond acceptors (Lipinski definition) is 5. The summed E-state index contributed by atoms with van der Waals surface area (Å²) in [5.74, 6) is -0.428. The van der Waals surface area contributed by atoms with Crippen molar-refractivity contribution < 1.29 is 14.0 Å². The standard InChI is InChI=1S/C23H21NO4/c1-3-24(4-2)19-11-10-18-13-20(23(27)28-22(18)14-19)21(26)12-9-16-5-7-17(15-25)8-6-16/h5-15H,3-4H2,1-2H3/b12-9+. The molecule has 28 heavy (non-hydrogen) atoms. The first-order valence-electron chi connectivity index (χ1n) is 9.16. The van der Waals surface area contributed by atoms with Crippen LogP contribution < -0.4 is 10.5 Å². The molecule has 0 N–H and O–H groups in total. The molecule has 0 aliphatic heterocycles. The summed E-state index contributed by atoms with van der Waals surface area (Å²) >= 11 is 0. The van der Waals surface area contributed by atoms with Crippen LogP contribution in [0.3, 0.4) is 0 Å². The molecule has 1 aromatic heterocycles. The molecule has 0 aliphatic rings. The molecule has 0 fully saturated rings. The monoisotopic (exact) mass is 375 g/mol. The van der Waals surface area contributed by atoms with E-state index in [2.05, 4.69) is 18.7 Å². The van der Waals surface area contributed by atoms with Crippen LogP contribution in [0.25, 0.3) is 17.0 Å². The van der Waals surface area contributed by atoms with E-state index in [0.29, 0.717) is 16.5 Å². The maximum Gasteiger partial charge on any atom is 0.347 e. The molecule has 0 spiro atoms. The summed E-state index contributed by atoms with van der Waals surface area (Å²) in [6.45, 7) is 5.82. The predicted octanol–water partition coefficient (Wildman–Crippen LogP) is 4.35. The summed E-state index contributed by atoms with van der Waals surface area (Å²) < 4.78 is 5.40. The van der Waals surface area contributed by atoms with E-state index in [9.17, 15) is 14.4 Å². The van der Waals surface area contributed by atoms with Crippen molar-refractivity contribution >= 4 is 34.8 Å². The largest absolute Gasteiger partial charge is 0.422 e. The van der Waals surface area contributed by atoms with Crippen LogP contribution in [0, 0.1) is 0 Å². The number of allylic oxidation sites excluding steroid dienone is 1. The van der Waals surface area contributed by atoms with Crippen molar-refractivity contribution in [3.8, 4) is 0 Å². The smallest absolute Gasteiger partial charge is 0.347 e. The molecule has 5 nitrogen and oxygen atoms in total. The van der Waals surface area contributed by atoms with E-state index in [1.54, 1.807) is 36.4 Å². The average Bonchev–Trinajstić information content (AvgIpc) is 2.72. The first-order valence-corrected chi connectivity index (χ1v) is 9.16. The Hall–Kier alpha value is -3.47. The first kappa shape index (κ1) is 19.3. The van der Waals surface area contributed by atoms with Crippen molar-refractivity contribution in [1.29, 1.82) is 0 Å². The zero-order valence-corrected chi connectivity index (χ0v) is 15.8. The van der Waals surface area contributed by atoms with E-state index in [1.807, 2.05) is 18.2 Å². The minimum absolute atomic E-state index is 0.0103. The van der Waals surface area contributed by atoms with Gasteiger partial charge in [-0.05, 0) is 43.7 Å². The number of aldehydes is 1. The number of benzene rings is 2. The molecule has 0 radical (unpaired) electrons. The van der Waals surface area contributed by atoms with Gasteiger partial charge in [0.1, 0.15) is 17.4 Å². The van der Waals surface area contributed by atoms with E-state index in [1.165, 1.54) is 6.08 Å². The SMILES string of the molecule is CCN(CC)c1ccc2cc(C(=O)/C=C/c3ccc(C=O)cc3)c(=O)oc2c1. The van der Waals surface area contributed by atoms with Gasteiger partial charge in [0, 0.05) is 35.8 Å². The molecule has 3 rings (SSSR count). The molecule has 0 amide bonds. The third-order valence-electron chi connectivity index (χ3n) is 4.61. The Morgan fingerprint density at radius 3 is 2.32 bits per heavy atom. The average molecular weight is 375 g/mol. The number of carbonyl (C=O) groups excluding carboxylic acids is 2. The number of rotatable bonds is 7. The topological polar surface area (TPSA) is 67.6 Å². The maximum absolute atomic E-state index is 12.5. The van der Waals surface area contributed by atoms with Gasteiger partial charge in [0.25, 0.3) is 0 Å². The zero-order valence-electron chi connectivity index (χ0n) is 15.8. The molecular formula is C23H21NO4. The van der Waals surface area contributed by atoms with Crippen LogP contribution in [-0.4, -0.2) is 25.2 Å². The summed E-state index contributed by atoms with van der Waals surface area (Å²) in [4.78, 5) is 37.6. The fraction of sp³-hybridized carbons (Fsp3) is 0.174. The normalized spacial score (nSPS) is 11.1. The highest BCUT2D eigenvalue weighted by Crippen LogP contribution is 2.22. The Bertz CT molecular complexity index is 1090. The van der Waals surface area contributed by atoms with Gasteiger partial charge in [-0.2, -0.15) is 0 Å². The molecule has 0 atom stereocenters. The second kappa shape index (κ2) is 8.48. The van der Waals surface area contributed by atoms with E-state index < -0.39 is 11.4 Å². The van der Waals surface area contributed by atoms with Crippen LogP contribution >= 0.6 is 0 Å². The molecule has 5 heteroatoms. The molecule has 0 aliphatic carbocycles. The second-order valence-corrected chi connectivity index (χ2v) is 6.32. The van der Waals surface area contributed by atoms with Crippen molar-refractivity contribution in [2.24, 2.45) is 0 Å². The number of hydrogen-bond donors (Lipinski definition) is 0. The molecule has 2 aromatic carbocycles. The number of fused-ring (bicyclic) bond motifs is 1. The van der Waals surface area contributed by atoms with Crippen LogP contribution in [0.1, 0.15) is 40.1 Å². The van der Waals surface area contributed by atoms with Gasteiger partial charge in [-0.15, -0.1) is 0 Å². The molecule has 0 bridgehead atoms. The van der Waals surface area contributed by atoms with Gasteiger partial charge in [0.15, 0.2) is 5.78 Å². The zero-order chi connectivity index (χ0) is 20.1. The summed E-state index contributed by atoms with van der Waals surface area (Å²) in [6, 6.07) is 14.0. The van der Waals surface area contributed by atoms with Gasteiger partial charge in [-0.1, -0.05) is 30.3 Å². The molecule has 142 valence electrons. The highest BCUT2D eigenvalue weighted by atomic mass is 16.4. The minimum Gasteiger partial charge on any atom is -0.422 e. The number of carbonyl (C=O) groups is 2. The summed E-state index contributed by atoms with van der Waals surface area (Å²) in [5.41, 5.74) is 2.08. The van der Waals surface area contributed by atoms with Crippen molar-refractivity contribution in [2.45, 2.75) is 13.8 Å². The fourth-order valence-electron chi connectivity index (χ4n) is 3.00. The predicted molar refractivity (Wildman–Crippen MR) is 111 cm³/mol. The quantitative estimate of drug-likeness (QED) is 0.266. The Morgan fingerprint density at radius 1 is 1.00 bits per heavy atom. The fourth-order valence-corrected chi connectivity index (χ4v) is 3.00. The van der Waals surface area contributed by atoms with Crippen LogP contribution in [0.5, 0.6) is 0 Å². The molecule has 3 aromatic rings. The van der Waals surface area contributed by atoms with Crippen LogP contribution in [0.15, 0.2) is 63.8 Å². The van der Waals surface area contributed by atoms with Crippen LogP contribution in [0.2, 0.25) is 0 Å². The lowest BCUT2D eigenvalue weighted by molar-refractivity contribution is 0.104. The van der Waals surface area contributed by atoms with Crippen molar-refractivity contribution in [3.63, 3.8) is 0 Å². The summed E-state index contributed by atoms with van der Waals surface area (Å²) in [7, 11) is 0. The number of nitrogens with zero attached hydrogens (tertiary/aromatic N) is 1. The van der Waals surface area contributed by atoms with Gasteiger partial charge >= 0.3 is 5.63 Å². The Balaban J connectivity index is 1.89. The molecular weight excluding hydrogens is 354 g/mol. The molecule has 0 saturated carbocycles. The van der Waals surface area contributed by atoms with Gasteiger partial charge in [-0.3, -0.25) is 9.59 Å². The number of anilines is 1. The lowest BCUT2D eigenvalue weighted by atomic mass is 10.1. The van der Waals surface area contributed by atoms with Crippen LogP contribution in [-0.2, 0) is 0 Å².